The molecule has 0 aliphatic heterocycles. The van der Waals surface area contributed by atoms with Gasteiger partial charge in [-0.15, -0.1) is 0 Å². The molecule has 0 aromatic heterocycles. The first-order chi connectivity index (χ1) is 7.43. The van der Waals surface area contributed by atoms with Crippen LogP contribution in [0.5, 0.6) is 0 Å². The van der Waals surface area contributed by atoms with Crippen molar-refractivity contribution in [2.75, 3.05) is 13.6 Å². The SMILES string of the molecule is CNCC=Cc1cc(F)cc(C(F)(F)F)c1. The fourth-order valence-corrected chi connectivity index (χ4v) is 1.19. The Morgan fingerprint density at radius 3 is 2.50 bits per heavy atom. The minimum atomic E-state index is -4.52. The van der Waals surface area contributed by atoms with Gasteiger partial charge in [0.1, 0.15) is 5.82 Å². The van der Waals surface area contributed by atoms with E-state index in [9.17, 15) is 17.6 Å². The molecule has 0 unspecified atom stereocenters. The van der Waals surface area contributed by atoms with Gasteiger partial charge in [0, 0.05) is 6.54 Å². The first-order valence-electron chi connectivity index (χ1n) is 4.62. The molecule has 0 atom stereocenters. The highest BCUT2D eigenvalue weighted by atomic mass is 19.4. The third-order valence-electron chi connectivity index (χ3n) is 1.88. The van der Waals surface area contributed by atoms with Gasteiger partial charge in [-0.25, -0.2) is 4.39 Å². The summed E-state index contributed by atoms with van der Waals surface area (Å²) in [5.41, 5.74) is -0.779. The van der Waals surface area contributed by atoms with Crippen LogP contribution in [0, 0.1) is 5.82 Å². The van der Waals surface area contributed by atoms with Crippen molar-refractivity contribution in [3.63, 3.8) is 0 Å². The number of halogens is 4. The monoisotopic (exact) mass is 233 g/mol. The highest BCUT2D eigenvalue weighted by Gasteiger charge is 2.31. The second-order valence-electron chi connectivity index (χ2n) is 3.23. The average Bonchev–Trinajstić information content (AvgIpc) is 2.16. The van der Waals surface area contributed by atoms with Crippen molar-refractivity contribution in [2.45, 2.75) is 6.18 Å². The van der Waals surface area contributed by atoms with Crippen LogP contribution in [0.3, 0.4) is 0 Å². The Morgan fingerprint density at radius 1 is 1.25 bits per heavy atom. The van der Waals surface area contributed by atoms with Crippen LogP contribution in [0.2, 0.25) is 0 Å². The second kappa shape index (κ2) is 5.12. The fourth-order valence-electron chi connectivity index (χ4n) is 1.19. The molecule has 0 aliphatic carbocycles. The summed E-state index contributed by atoms with van der Waals surface area (Å²) in [6.45, 7) is 0.512. The zero-order valence-electron chi connectivity index (χ0n) is 8.61. The Hall–Kier alpha value is -1.36. The largest absolute Gasteiger partial charge is 0.416 e. The van der Waals surface area contributed by atoms with Gasteiger partial charge in [0.25, 0.3) is 0 Å². The summed E-state index contributed by atoms with van der Waals surface area (Å²) >= 11 is 0. The number of alkyl halides is 3. The summed E-state index contributed by atoms with van der Waals surface area (Å²) in [6, 6.07) is 2.45. The Kier molecular flexibility index (Phi) is 4.06. The van der Waals surface area contributed by atoms with Gasteiger partial charge in [0.2, 0.25) is 0 Å². The van der Waals surface area contributed by atoms with Crippen molar-refractivity contribution in [1.29, 1.82) is 0 Å². The molecule has 0 fully saturated rings. The third-order valence-corrected chi connectivity index (χ3v) is 1.88. The molecule has 1 aromatic rings. The van der Waals surface area contributed by atoms with Crippen molar-refractivity contribution in [3.8, 4) is 0 Å². The number of hydrogen-bond donors (Lipinski definition) is 1. The van der Waals surface area contributed by atoms with Crippen molar-refractivity contribution < 1.29 is 17.6 Å². The predicted octanol–water partition coefficient (Wildman–Crippen LogP) is 3.08. The van der Waals surface area contributed by atoms with Gasteiger partial charge in [-0.3, -0.25) is 0 Å². The van der Waals surface area contributed by atoms with Crippen LogP contribution in [-0.2, 0) is 6.18 Å². The van der Waals surface area contributed by atoms with E-state index in [4.69, 9.17) is 0 Å². The number of nitrogens with one attached hydrogen (secondary N) is 1. The van der Waals surface area contributed by atoms with Crippen molar-refractivity contribution in [2.24, 2.45) is 0 Å². The third kappa shape index (κ3) is 3.66. The molecule has 0 spiro atoms. The van der Waals surface area contributed by atoms with Gasteiger partial charge in [-0.05, 0) is 30.8 Å². The van der Waals surface area contributed by atoms with E-state index in [1.165, 1.54) is 6.08 Å². The first kappa shape index (κ1) is 12.7. The maximum Gasteiger partial charge on any atom is 0.416 e. The van der Waals surface area contributed by atoms with Gasteiger partial charge < -0.3 is 5.32 Å². The lowest BCUT2D eigenvalue weighted by Gasteiger charge is -2.07. The Labute approximate surface area is 90.8 Å². The van der Waals surface area contributed by atoms with Crippen molar-refractivity contribution in [1.82, 2.24) is 5.32 Å². The van der Waals surface area contributed by atoms with Gasteiger partial charge in [0.15, 0.2) is 0 Å². The van der Waals surface area contributed by atoms with E-state index < -0.39 is 17.6 Å². The predicted molar refractivity (Wildman–Crippen MR) is 54.4 cm³/mol. The minimum Gasteiger partial charge on any atom is -0.316 e. The van der Waals surface area contributed by atoms with Crippen molar-refractivity contribution in [3.05, 3.63) is 41.2 Å². The zero-order chi connectivity index (χ0) is 12.2. The summed E-state index contributed by atoms with van der Waals surface area (Å²) in [5.74, 6) is -0.890. The zero-order valence-corrected chi connectivity index (χ0v) is 8.61. The molecule has 0 saturated heterocycles. The average molecular weight is 233 g/mol. The molecule has 0 bridgehead atoms. The molecule has 1 rings (SSSR count). The first-order valence-corrected chi connectivity index (χ1v) is 4.62. The molecule has 0 amide bonds. The summed E-state index contributed by atoms with van der Waals surface area (Å²) in [6.07, 6.45) is -1.46. The summed E-state index contributed by atoms with van der Waals surface area (Å²) < 4.78 is 49.9. The number of benzene rings is 1. The molecule has 5 heteroatoms. The molecule has 1 N–H and O–H groups in total. The molecule has 0 heterocycles. The molecule has 1 aromatic carbocycles. The molecule has 1 nitrogen and oxygen atoms in total. The van der Waals surface area contributed by atoms with Gasteiger partial charge in [-0.1, -0.05) is 12.2 Å². The Balaban J connectivity index is 2.99. The Bertz CT molecular complexity index is 382. The van der Waals surface area contributed by atoms with E-state index in [0.717, 1.165) is 12.1 Å². The molecular formula is C11H11F4N. The lowest BCUT2D eigenvalue weighted by Crippen LogP contribution is -2.06. The summed E-state index contributed by atoms with van der Waals surface area (Å²) in [5, 5.41) is 2.79. The van der Waals surface area contributed by atoms with Gasteiger partial charge >= 0.3 is 6.18 Å². The van der Waals surface area contributed by atoms with Crippen LogP contribution in [-0.4, -0.2) is 13.6 Å². The highest BCUT2D eigenvalue weighted by Crippen LogP contribution is 2.30. The summed E-state index contributed by atoms with van der Waals surface area (Å²) in [4.78, 5) is 0. The van der Waals surface area contributed by atoms with Crippen LogP contribution in [0.4, 0.5) is 17.6 Å². The van der Waals surface area contributed by atoms with Crippen LogP contribution in [0.1, 0.15) is 11.1 Å². The van der Waals surface area contributed by atoms with Crippen LogP contribution in [0.25, 0.3) is 6.08 Å². The van der Waals surface area contributed by atoms with Crippen LogP contribution < -0.4 is 5.32 Å². The minimum absolute atomic E-state index is 0.197. The lowest BCUT2D eigenvalue weighted by molar-refractivity contribution is -0.137. The van der Waals surface area contributed by atoms with E-state index >= 15 is 0 Å². The van der Waals surface area contributed by atoms with E-state index in [0.29, 0.717) is 12.6 Å². The number of rotatable bonds is 3. The quantitative estimate of drug-likeness (QED) is 0.791. The van der Waals surface area contributed by atoms with Crippen molar-refractivity contribution >= 4 is 6.08 Å². The molecule has 0 radical (unpaired) electrons. The van der Waals surface area contributed by atoms with Gasteiger partial charge in [-0.2, -0.15) is 13.2 Å². The molecule has 0 aliphatic rings. The van der Waals surface area contributed by atoms with E-state index in [1.54, 1.807) is 13.1 Å². The maximum absolute atomic E-state index is 12.9. The lowest BCUT2D eigenvalue weighted by atomic mass is 10.1. The summed E-state index contributed by atoms with van der Waals surface area (Å²) in [7, 11) is 1.71. The van der Waals surface area contributed by atoms with E-state index in [2.05, 4.69) is 5.32 Å². The molecule has 88 valence electrons. The number of likely N-dealkylation sites (N-methyl/N-ethyl adjacent to an activating group) is 1. The molecular weight excluding hydrogens is 222 g/mol. The van der Waals surface area contributed by atoms with E-state index in [-0.39, 0.29) is 5.56 Å². The standard InChI is InChI=1S/C11H11F4N/c1-16-4-2-3-8-5-9(11(13,14)15)7-10(12)6-8/h2-3,5-7,16H,4H2,1H3. The highest BCUT2D eigenvalue weighted by molar-refractivity contribution is 5.51. The molecule has 16 heavy (non-hydrogen) atoms. The topological polar surface area (TPSA) is 12.0 Å². The van der Waals surface area contributed by atoms with E-state index in [1.807, 2.05) is 0 Å². The van der Waals surface area contributed by atoms with Crippen LogP contribution >= 0.6 is 0 Å². The fraction of sp³-hybridized carbons (Fsp3) is 0.273. The Morgan fingerprint density at radius 2 is 1.94 bits per heavy atom. The second-order valence-corrected chi connectivity index (χ2v) is 3.23. The smallest absolute Gasteiger partial charge is 0.316 e. The van der Waals surface area contributed by atoms with Gasteiger partial charge in [0.05, 0.1) is 5.56 Å². The number of hydrogen-bond acceptors (Lipinski definition) is 1. The van der Waals surface area contributed by atoms with Crippen LogP contribution in [0.15, 0.2) is 24.3 Å². The normalized spacial score (nSPS) is 12.3. The molecule has 0 saturated carbocycles. The maximum atomic E-state index is 12.9.